The molecule has 0 unspecified atom stereocenters. The van der Waals surface area contributed by atoms with E-state index >= 15 is 0 Å². The molecule has 1 aliphatic rings. The Morgan fingerprint density at radius 2 is 1.59 bits per heavy atom. The molecule has 4 heteroatoms. The molecule has 3 rings (SSSR count). The van der Waals surface area contributed by atoms with Crippen molar-refractivity contribution in [2.24, 2.45) is 11.8 Å². The Morgan fingerprint density at radius 1 is 0.931 bits per heavy atom. The summed E-state index contributed by atoms with van der Waals surface area (Å²) >= 11 is 0. The van der Waals surface area contributed by atoms with E-state index in [2.05, 4.69) is 13.8 Å². The van der Waals surface area contributed by atoms with Gasteiger partial charge in [0.05, 0.1) is 5.56 Å². The maximum absolute atomic E-state index is 14.7. The maximum atomic E-state index is 14.7. The van der Waals surface area contributed by atoms with Gasteiger partial charge in [0.2, 0.25) is 0 Å². The summed E-state index contributed by atoms with van der Waals surface area (Å²) in [7, 11) is 0. The van der Waals surface area contributed by atoms with Gasteiger partial charge in [-0.2, -0.15) is 13.2 Å². The lowest BCUT2D eigenvalue weighted by molar-refractivity contribution is -0.137. The highest BCUT2D eigenvalue weighted by molar-refractivity contribution is 5.65. The molecule has 0 N–H and O–H groups in total. The van der Waals surface area contributed by atoms with E-state index in [4.69, 9.17) is 0 Å². The molecular weight excluding hydrogens is 376 g/mol. The quantitative estimate of drug-likeness (QED) is 0.421. The standard InChI is InChI=1S/C25H30F4/c1-17(2)4-3-5-18-6-8-19(9-7-18)21-12-15-23(24(26)16-21)20-10-13-22(14-11-20)25(27,28)29/h10-19H,3-9H2,1-2H3. The van der Waals surface area contributed by atoms with Gasteiger partial charge in [-0.1, -0.05) is 57.4 Å². The predicted octanol–water partition coefficient (Wildman–Crippen LogP) is 8.61. The first-order valence-corrected chi connectivity index (χ1v) is 10.7. The minimum absolute atomic E-state index is 0.352. The van der Waals surface area contributed by atoms with Crippen LogP contribution in [0.4, 0.5) is 17.6 Å². The second-order valence-corrected chi connectivity index (χ2v) is 8.86. The number of hydrogen-bond donors (Lipinski definition) is 0. The molecule has 0 amide bonds. The Morgan fingerprint density at radius 3 is 2.14 bits per heavy atom. The lowest BCUT2D eigenvalue weighted by atomic mass is 9.76. The Hall–Kier alpha value is -1.84. The van der Waals surface area contributed by atoms with Gasteiger partial charge in [0.25, 0.3) is 0 Å². The van der Waals surface area contributed by atoms with Crippen LogP contribution in [0.5, 0.6) is 0 Å². The summed E-state index contributed by atoms with van der Waals surface area (Å²) in [6.07, 6.45) is 4.08. The van der Waals surface area contributed by atoms with E-state index < -0.39 is 11.7 Å². The molecule has 0 saturated heterocycles. The second kappa shape index (κ2) is 9.32. The number of alkyl halides is 3. The lowest BCUT2D eigenvalue weighted by Crippen LogP contribution is -2.13. The smallest absolute Gasteiger partial charge is 0.206 e. The summed E-state index contributed by atoms with van der Waals surface area (Å²) in [5, 5.41) is 0. The molecule has 2 aromatic rings. The van der Waals surface area contributed by atoms with Crippen LogP contribution in [0.3, 0.4) is 0 Å². The fraction of sp³-hybridized carbons (Fsp3) is 0.520. The average molecular weight is 407 g/mol. The van der Waals surface area contributed by atoms with Crippen LogP contribution in [0.15, 0.2) is 42.5 Å². The first kappa shape index (κ1) is 21.9. The van der Waals surface area contributed by atoms with Crippen molar-refractivity contribution in [2.45, 2.75) is 70.9 Å². The van der Waals surface area contributed by atoms with Crippen LogP contribution in [0.1, 0.15) is 75.8 Å². The van der Waals surface area contributed by atoms with E-state index in [-0.39, 0.29) is 5.82 Å². The molecule has 0 spiro atoms. The normalized spacial score (nSPS) is 20.2. The molecule has 1 fully saturated rings. The zero-order valence-electron chi connectivity index (χ0n) is 17.2. The van der Waals surface area contributed by atoms with E-state index in [1.165, 1.54) is 44.2 Å². The topological polar surface area (TPSA) is 0 Å². The van der Waals surface area contributed by atoms with Gasteiger partial charge < -0.3 is 0 Å². The Labute approximate surface area is 171 Å². The predicted molar refractivity (Wildman–Crippen MR) is 110 cm³/mol. The average Bonchev–Trinajstić information content (AvgIpc) is 2.68. The fourth-order valence-electron chi connectivity index (χ4n) is 4.46. The number of rotatable bonds is 6. The molecule has 0 heterocycles. The molecular formula is C25H30F4. The molecule has 0 aromatic heterocycles. The van der Waals surface area contributed by atoms with Crippen molar-refractivity contribution in [3.8, 4) is 11.1 Å². The van der Waals surface area contributed by atoms with E-state index in [0.29, 0.717) is 17.0 Å². The largest absolute Gasteiger partial charge is 0.416 e. The summed E-state index contributed by atoms with van der Waals surface area (Å²) in [6.45, 7) is 4.53. The zero-order valence-corrected chi connectivity index (χ0v) is 17.2. The van der Waals surface area contributed by atoms with Gasteiger partial charge in [0.15, 0.2) is 0 Å². The molecule has 1 saturated carbocycles. The van der Waals surface area contributed by atoms with Crippen molar-refractivity contribution in [3.63, 3.8) is 0 Å². The van der Waals surface area contributed by atoms with Crippen LogP contribution >= 0.6 is 0 Å². The van der Waals surface area contributed by atoms with Crippen LogP contribution < -0.4 is 0 Å². The number of hydrogen-bond acceptors (Lipinski definition) is 0. The summed E-state index contributed by atoms with van der Waals surface area (Å²) in [5.41, 5.74) is 1.11. The maximum Gasteiger partial charge on any atom is 0.416 e. The Kier molecular flexibility index (Phi) is 7.02. The van der Waals surface area contributed by atoms with Gasteiger partial charge in [0.1, 0.15) is 5.82 Å². The lowest BCUT2D eigenvalue weighted by Gasteiger charge is -2.29. The van der Waals surface area contributed by atoms with Crippen LogP contribution in [0.25, 0.3) is 11.1 Å². The molecule has 29 heavy (non-hydrogen) atoms. The summed E-state index contributed by atoms with van der Waals surface area (Å²) in [5.74, 6) is 1.58. The monoisotopic (exact) mass is 406 g/mol. The highest BCUT2D eigenvalue weighted by atomic mass is 19.4. The van der Waals surface area contributed by atoms with Crippen LogP contribution in [0, 0.1) is 17.7 Å². The minimum Gasteiger partial charge on any atom is -0.206 e. The highest BCUT2D eigenvalue weighted by Gasteiger charge is 2.30. The molecule has 0 atom stereocenters. The van der Waals surface area contributed by atoms with Crippen LogP contribution in [-0.4, -0.2) is 0 Å². The molecule has 0 nitrogen and oxygen atoms in total. The first-order chi connectivity index (χ1) is 13.7. The van der Waals surface area contributed by atoms with Crippen molar-refractivity contribution in [1.82, 2.24) is 0 Å². The van der Waals surface area contributed by atoms with Crippen LogP contribution in [-0.2, 0) is 6.18 Å². The van der Waals surface area contributed by atoms with Gasteiger partial charge in [-0.05, 0) is 72.8 Å². The van der Waals surface area contributed by atoms with Gasteiger partial charge in [-0.3, -0.25) is 0 Å². The van der Waals surface area contributed by atoms with Crippen molar-refractivity contribution in [1.29, 1.82) is 0 Å². The van der Waals surface area contributed by atoms with E-state index in [1.807, 2.05) is 6.07 Å². The molecule has 158 valence electrons. The van der Waals surface area contributed by atoms with Crippen molar-refractivity contribution < 1.29 is 17.6 Å². The molecule has 1 aliphatic carbocycles. The third kappa shape index (κ3) is 5.83. The summed E-state index contributed by atoms with van der Waals surface area (Å²) < 4.78 is 52.9. The first-order valence-electron chi connectivity index (χ1n) is 10.7. The van der Waals surface area contributed by atoms with E-state index in [1.54, 1.807) is 12.1 Å². The SMILES string of the molecule is CC(C)CCCC1CCC(c2ccc(-c3ccc(C(F)(F)F)cc3)c(F)c2)CC1. The second-order valence-electron chi connectivity index (χ2n) is 8.86. The van der Waals surface area contributed by atoms with E-state index in [9.17, 15) is 17.6 Å². The fourth-order valence-corrected chi connectivity index (χ4v) is 4.46. The highest BCUT2D eigenvalue weighted by Crippen LogP contribution is 2.39. The summed E-state index contributed by atoms with van der Waals surface area (Å²) in [4.78, 5) is 0. The van der Waals surface area contributed by atoms with E-state index in [0.717, 1.165) is 42.4 Å². The molecule has 2 aromatic carbocycles. The minimum atomic E-state index is -4.38. The number of benzene rings is 2. The van der Waals surface area contributed by atoms with Gasteiger partial charge in [-0.25, -0.2) is 4.39 Å². The Bertz CT molecular complexity index is 781. The third-order valence-electron chi connectivity index (χ3n) is 6.23. The number of halogens is 4. The summed E-state index contributed by atoms with van der Waals surface area (Å²) in [6, 6.07) is 9.91. The van der Waals surface area contributed by atoms with Crippen molar-refractivity contribution >= 4 is 0 Å². The third-order valence-corrected chi connectivity index (χ3v) is 6.23. The molecule has 0 radical (unpaired) electrons. The Balaban J connectivity index is 1.62. The zero-order chi connectivity index (χ0) is 21.0. The van der Waals surface area contributed by atoms with Crippen LogP contribution in [0.2, 0.25) is 0 Å². The van der Waals surface area contributed by atoms with Gasteiger partial charge >= 0.3 is 6.18 Å². The van der Waals surface area contributed by atoms with Crippen molar-refractivity contribution in [2.75, 3.05) is 0 Å². The van der Waals surface area contributed by atoms with Crippen molar-refractivity contribution in [3.05, 3.63) is 59.4 Å². The molecule has 0 aliphatic heterocycles. The van der Waals surface area contributed by atoms with Gasteiger partial charge in [0, 0.05) is 5.56 Å². The van der Waals surface area contributed by atoms with Gasteiger partial charge in [-0.15, -0.1) is 0 Å². The molecule has 0 bridgehead atoms.